The van der Waals surface area contributed by atoms with Gasteiger partial charge >= 0.3 is 5.97 Å². The molecule has 1 N–H and O–H groups in total. The molecule has 0 bridgehead atoms. The van der Waals surface area contributed by atoms with Crippen LogP contribution in [0.15, 0.2) is 17.2 Å². The van der Waals surface area contributed by atoms with E-state index < -0.39 is 28.0 Å². The number of aromatic nitrogens is 1. The highest BCUT2D eigenvalue weighted by atomic mass is 32.2. The van der Waals surface area contributed by atoms with E-state index >= 15 is 0 Å². The molecule has 0 aliphatic carbocycles. The Bertz CT molecular complexity index is 810. The van der Waals surface area contributed by atoms with Gasteiger partial charge in [0.1, 0.15) is 10.6 Å². The summed E-state index contributed by atoms with van der Waals surface area (Å²) in [6.07, 6.45) is 4.60. The lowest BCUT2D eigenvalue weighted by Crippen LogP contribution is -2.38. The van der Waals surface area contributed by atoms with Crippen LogP contribution in [0.25, 0.3) is 0 Å². The van der Waals surface area contributed by atoms with Crippen molar-refractivity contribution < 1.29 is 23.1 Å². The van der Waals surface area contributed by atoms with Crippen molar-refractivity contribution in [3.8, 4) is 0 Å². The topological polar surface area (TPSA) is 99.9 Å². The number of rotatable bonds is 4. The number of carbonyl (C=O) groups excluding carboxylic acids is 1. The van der Waals surface area contributed by atoms with Crippen LogP contribution in [-0.4, -0.2) is 64.8 Å². The van der Waals surface area contributed by atoms with Gasteiger partial charge in [0.05, 0.1) is 5.92 Å². The van der Waals surface area contributed by atoms with Crippen LogP contribution >= 0.6 is 0 Å². The van der Waals surface area contributed by atoms with Gasteiger partial charge in [-0.25, -0.2) is 8.42 Å². The Balaban J connectivity index is 1.84. The SMILES string of the molecule is CC1C(C(=O)O)CCN1C(=O)c1cc(S(=O)(=O)N2CCCCC2)cn1C. The van der Waals surface area contributed by atoms with Gasteiger partial charge in [-0.1, -0.05) is 6.42 Å². The van der Waals surface area contributed by atoms with Crippen molar-refractivity contribution in [2.75, 3.05) is 19.6 Å². The number of carboxylic acids is 1. The molecule has 0 aromatic carbocycles. The first-order chi connectivity index (χ1) is 12.2. The molecule has 0 spiro atoms. The first kappa shape index (κ1) is 18.9. The van der Waals surface area contributed by atoms with E-state index in [9.17, 15) is 23.1 Å². The summed E-state index contributed by atoms with van der Waals surface area (Å²) >= 11 is 0. The van der Waals surface area contributed by atoms with E-state index in [1.807, 2.05) is 0 Å². The Labute approximate surface area is 153 Å². The van der Waals surface area contributed by atoms with Gasteiger partial charge < -0.3 is 14.6 Å². The van der Waals surface area contributed by atoms with Crippen LogP contribution < -0.4 is 0 Å². The quantitative estimate of drug-likeness (QED) is 0.840. The minimum atomic E-state index is -3.61. The molecule has 2 fully saturated rings. The molecule has 3 rings (SSSR count). The Kier molecular flexibility index (Phi) is 5.12. The largest absolute Gasteiger partial charge is 0.481 e. The second kappa shape index (κ2) is 7.03. The fourth-order valence-electron chi connectivity index (χ4n) is 3.85. The maximum absolute atomic E-state index is 12.9. The summed E-state index contributed by atoms with van der Waals surface area (Å²) in [7, 11) is -1.97. The van der Waals surface area contributed by atoms with E-state index in [1.54, 1.807) is 14.0 Å². The first-order valence-corrected chi connectivity index (χ1v) is 10.4. The minimum Gasteiger partial charge on any atom is -0.481 e. The number of hydrogen-bond acceptors (Lipinski definition) is 4. The summed E-state index contributed by atoms with van der Waals surface area (Å²) in [5.41, 5.74) is 0.262. The van der Waals surface area contributed by atoms with Crippen molar-refractivity contribution in [3.63, 3.8) is 0 Å². The Morgan fingerprint density at radius 2 is 1.81 bits per heavy atom. The van der Waals surface area contributed by atoms with Gasteiger partial charge in [0.15, 0.2) is 0 Å². The molecule has 2 atom stereocenters. The lowest BCUT2D eigenvalue weighted by molar-refractivity contribution is -0.142. The maximum Gasteiger partial charge on any atom is 0.308 e. The van der Waals surface area contributed by atoms with Crippen LogP contribution in [0.1, 0.15) is 43.1 Å². The smallest absolute Gasteiger partial charge is 0.308 e. The van der Waals surface area contributed by atoms with E-state index in [0.717, 1.165) is 19.3 Å². The molecular weight excluding hydrogens is 358 g/mol. The number of aliphatic carboxylic acids is 1. The number of likely N-dealkylation sites (tertiary alicyclic amines) is 1. The molecule has 2 unspecified atom stereocenters. The molecule has 3 heterocycles. The number of aryl methyl sites for hydroxylation is 1. The molecule has 0 radical (unpaired) electrons. The van der Waals surface area contributed by atoms with Gasteiger partial charge in [0, 0.05) is 38.9 Å². The van der Waals surface area contributed by atoms with E-state index in [2.05, 4.69) is 0 Å². The normalized spacial score (nSPS) is 24.8. The Hall–Kier alpha value is -1.87. The molecule has 1 aromatic heterocycles. The molecule has 1 aromatic rings. The molecule has 8 nitrogen and oxygen atoms in total. The summed E-state index contributed by atoms with van der Waals surface area (Å²) in [6, 6.07) is 0.990. The third-order valence-electron chi connectivity index (χ3n) is 5.48. The highest BCUT2D eigenvalue weighted by Gasteiger charge is 2.39. The minimum absolute atomic E-state index is 0.117. The number of carbonyl (C=O) groups is 2. The Morgan fingerprint density at radius 1 is 1.15 bits per heavy atom. The highest BCUT2D eigenvalue weighted by Crippen LogP contribution is 2.28. The molecule has 1 amide bonds. The molecule has 26 heavy (non-hydrogen) atoms. The van der Waals surface area contributed by atoms with Gasteiger partial charge in [0.2, 0.25) is 10.0 Å². The monoisotopic (exact) mass is 383 g/mol. The zero-order chi connectivity index (χ0) is 19.1. The number of hydrogen-bond donors (Lipinski definition) is 1. The van der Waals surface area contributed by atoms with Crippen molar-refractivity contribution in [1.29, 1.82) is 0 Å². The predicted octanol–water partition coefficient (Wildman–Crippen LogP) is 1.13. The van der Waals surface area contributed by atoms with Crippen LogP contribution in [0.3, 0.4) is 0 Å². The van der Waals surface area contributed by atoms with Crippen LogP contribution in [0.4, 0.5) is 0 Å². The average molecular weight is 383 g/mol. The first-order valence-electron chi connectivity index (χ1n) is 8.94. The summed E-state index contributed by atoms with van der Waals surface area (Å²) in [5, 5.41) is 9.24. The fraction of sp³-hybridized carbons (Fsp3) is 0.647. The van der Waals surface area contributed by atoms with Gasteiger partial charge in [-0.05, 0) is 32.3 Å². The molecule has 2 aliphatic rings. The summed E-state index contributed by atoms with van der Waals surface area (Å²) in [6.45, 7) is 3.09. The van der Waals surface area contributed by atoms with Crippen molar-refractivity contribution in [3.05, 3.63) is 18.0 Å². The zero-order valence-corrected chi connectivity index (χ0v) is 15.9. The third-order valence-corrected chi connectivity index (χ3v) is 7.35. The Morgan fingerprint density at radius 3 is 2.38 bits per heavy atom. The summed E-state index contributed by atoms with van der Waals surface area (Å²) in [4.78, 5) is 25.8. The van der Waals surface area contributed by atoms with Crippen LogP contribution in [0.2, 0.25) is 0 Å². The number of carboxylic acid groups (broad SMARTS) is 1. The molecule has 2 saturated heterocycles. The van der Waals surface area contributed by atoms with Crippen LogP contribution in [0.5, 0.6) is 0 Å². The van der Waals surface area contributed by atoms with Crippen molar-refractivity contribution in [2.45, 2.75) is 43.5 Å². The van der Waals surface area contributed by atoms with Crippen molar-refractivity contribution >= 4 is 21.9 Å². The van der Waals surface area contributed by atoms with Crippen LogP contribution in [0, 0.1) is 5.92 Å². The summed E-state index contributed by atoms with van der Waals surface area (Å²) in [5.74, 6) is -1.83. The zero-order valence-electron chi connectivity index (χ0n) is 15.1. The lowest BCUT2D eigenvalue weighted by Gasteiger charge is -2.25. The van der Waals surface area contributed by atoms with E-state index in [1.165, 1.54) is 26.0 Å². The number of amides is 1. The molecular formula is C17H25N3O5S. The number of piperidine rings is 1. The molecule has 2 aliphatic heterocycles. The second-order valence-electron chi connectivity index (χ2n) is 7.11. The molecule has 144 valence electrons. The maximum atomic E-state index is 12.9. The molecule has 0 saturated carbocycles. The fourth-order valence-corrected chi connectivity index (χ4v) is 5.43. The van der Waals surface area contributed by atoms with Gasteiger partial charge in [0.25, 0.3) is 5.91 Å². The predicted molar refractivity (Wildman–Crippen MR) is 94.3 cm³/mol. The highest BCUT2D eigenvalue weighted by molar-refractivity contribution is 7.89. The number of nitrogens with zero attached hydrogens (tertiary/aromatic N) is 3. The van der Waals surface area contributed by atoms with Gasteiger partial charge in [-0.15, -0.1) is 0 Å². The molecule has 9 heteroatoms. The standard InChI is InChI=1S/C17H25N3O5S/c1-12-14(17(22)23)6-9-20(12)16(21)15-10-13(11-18(15)2)26(24,25)19-7-4-3-5-8-19/h10-12,14H,3-9H2,1-2H3,(H,22,23). The van der Waals surface area contributed by atoms with E-state index in [0.29, 0.717) is 26.1 Å². The van der Waals surface area contributed by atoms with E-state index in [4.69, 9.17) is 0 Å². The third kappa shape index (κ3) is 3.25. The number of sulfonamides is 1. The second-order valence-corrected chi connectivity index (χ2v) is 9.05. The summed E-state index contributed by atoms with van der Waals surface area (Å²) < 4.78 is 28.6. The van der Waals surface area contributed by atoms with Gasteiger partial charge in [-0.3, -0.25) is 9.59 Å². The van der Waals surface area contributed by atoms with Crippen LogP contribution in [-0.2, 0) is 21.9 Å². The average Bonchev–Trinajstić information content (AvgIpc) is 3.18. The van der Waals surface area contributed by atoms with Crippen molar-refractivity contribution in [2.24, 2.45) is 13.0 Å². The lowest BCUT2D eigenvalue weighted by atomic mass is 10.0. The van der Waals surface area contributed by atoms with Crippen molar-refractivity contribution in [1.82, 2.24) is 13.8 Å². The van der Waals surface area contributed by atoms with Gasteiger partial charge in [-0.2, -0.15) is 4.31 Å². The van der Waals surface area contributed by atoms with E-state index in [-0.39, 0.29) is 16.5 Å².